The van der Waals surface area contributed by atoms with Gasteiger partial charge < -0.3 is 9.47 Å². The minimum Gasteiger partial charge on any atom is -0.336 e. The minimum absolute atomic E-state index is 0.343. The van der Waals surface area contributed by atoms with Gasteiger partial charge in [-0.2, -0.15) is 0 Å². The summed E-state index contributed by atoms with van der Waals surface area (Å²) in [6, 6.07) is 10.6. The molecule has 0 bridgehead atoms. The zero-order chi connectivity index (χ0) is 16.8. The molecule has 2 heterocycles. The van der Waals surface area contributed by atoms with E-state index in [4.69, 9.17) is 0 Å². The summed E-state index contributed by atoms with van der Waals surface area (Å²) in [5.74, 6) is 2.16. The van der Waals surface area contributed by atoms with Crippen LogP contribution in [0, 0.1) is 17.8 Å². The first-order valence-corrected chi connectivity index (χ1v) is 9.67. The van der Waals surface area contributed by atoms with E-state index in [1.54, 1.807) is 0 Å². The van der Waals surface area contributed by atoms with Crippen LogP contribution in [-0.2, 0) is 30.7 Å². The zero-order valence-electron chi connectivity index (χ0n) is 14.6. The molecule has 2 atom stereocenters. The van der Waals surface area contributed by atoms with Crippen molar-refractivity contribution >= 4 is 5.91 Å². The summed E-state index contributed by atoms with van der Waals surface area (Å²) in [6.45, 7) is 2.54. The third kappa shape index (κ3) is 2.68. The molecule has 1 aliphatic heterocycles. The number of carbonyl (C=O) groups excluding carboxylic acids is 1. The summed E-state index contributed by atoms with van der Waals surface area (Å²) in [6.07, 6.45) is 7.81. The van der Waals surface area contributed by atoms with Gasteiger partial charge in [0.25, 0.3) is 0 Å². The van der Waals surface area contributed by atoms with Crippen LogP contribution < -0.4 is 0 Å². The molecule has 2 saturated carbocycles. The van der Waals surface area contributed by atoms with E-state index < -0.39 is 0 Å². The van der Waals surface area contributed by atoms with Gasteiger partial charge in [-0.25, -0.2) is 4.98 Å². The minimum atomic E-state index is 0.343. The highest BCUT2D eigenvalue weighted by molar-refractivity contribution is 5.82. The second kappa shape index (κ2) is 6.01. The Morgan fingerprint density at radius 2 is 1.96 bits per heavy atom. The number of hydrogen-bond donors (Lipinski definition) is 0. The van der Waals surface area contributed by atoms with Gasteiger partial charge in [0.1, 0.15) is 0 Å². The molecule has 0 radical (unpaired) electrons. The van der Waals surface area contributed by atoms with Crippen LogP contribution in [0.25, 0.3) is 0 Å². The second-order valence-corrected chi connectivity index (χ2v) is 7.86. The van der Waals surface area contributed by atoms with Crippen molar-refractivity contribution in [2.75, 3.05) is 6.54 Å². The van der Waals surface area contributed by atoms with Gasteiger partial charge in [-0.05, 0) is 36.7 Å². The van der Waals surface area contributed by atoms with Crippen LogP contribution in [0.4, 0.5) is 0 Å². The molecular weight excluding hydrogens is 310 g/mol. The quantitative estimate of drug-likeness (QED) is 0.861. The lowest BCUT2D eigenvalue weighted by molar-refractivity contribution is -0.134. The van der Waals surface area contributed by atoms with Crippen LogP contribution >= 0.6 is 0 Å². The van der Waals surface area contributed by atoms with Crippen LogP contribution in [0.3, 0.4) is 0 Å². The van der Waals surface area contributed by atoms with E-state index in [1.165, 1.54) is 30.5 Å². The highest BCUT2D eigenvalue weighted by Gasteiger charge is 2.57. The molecule has 4 nitrogen and oxygen atoms in total. The maximum absolute atomic E-state index is 12.8. The van der Waals surface area contributed by atoms with E-state index in [1.807, 2.05) is 6.33 Å². The number of nitrogens with zero attached hydrogens (tertiary/aromatic N) is 3. The smallest absolute Gasteiger partial charge is 0.226 e. The highest BCUT2D eigenvalue weighted by Crippen LogP contribution is 2.58. The van der Waals surface area contributed by atoms with Crippen molar-refractivity contribution in [2.24, 2.45) is 17.8 Å². The molecule has 1 aromatic carbocycles. The topological polar surface area (TPSA) is 38.1 Å². The molecule has 2 aliphatic carbocycles. The fourth-order valence-corrected chi connectivity index (χ4v) is 5.04. The monoisotopic (exact) mass is 335 g/mol. The van der Waals surface area contributed by atoms with Gasteiger partial charge in [-0.15, -0.1) is 0 Å². The molecule has 2 aromatic rings. The lowest BCUT2D eigenvalue weighted by Gasteiger charge is -2.28. The summed E-state index contributed by atoms with van der Waals surface area (Å²) in [5, 5.41) is 0. The number of fused-ring (bicyclic) bond motifs is 2. The molecule has 3 aliphatic rings. The van der Waals surface area contributed by atoms with Crippen LogP contribution in [-0.4, -0.2) is 26.9 Å². The van der Waals surface area contributed by atoms with Crippen LogP contribution in [0.15, 0.2) is 36.7 Å². The molecule has 5 rings (SSSR count). The number of aromatic nitrogens is 2. The van der Waals surface area contributed by atoms with E-state index >= 15 is 0 Å². The predicted molar refractivity (Wildman–Crippen MR) is 95.8 cm³/mol. The zero-order valence-corrected chi connectivity index (χ0v) is 14.6. The molecule has 1 amide bonds. The molecule has 0 saturated heterocycles. The number of rotatable bonds is 4. The summed E-state index contributed by atoms with van der Waals surface area (Å²) in [5.41, 5.74) is 3.80. The van der Waals surface area contributed by atoms with E-state index in [-0.39, 0.29) is 0 Å². The number of amides is 1. The van der Waals surface area contributed by atoms with Crippen molar-refractivity contribution < 1.29 is 4.79 Å². The number of aryl methyl sites for hydroxylation is 2. The molecule has 1 aromatic heterocycles. The molecule has 0 spiro atoms. The van der Waals surface area contributed by atoms with Gasteiger partial charge in [-0.1, -0.05) is 36.8 Å². The Labute approximate surface area is 148 Å². The van der Waals surface area contributed by atoms with Gasteiger partial charge in [0, 0.05) is 31.1 Å². The highest BCUT2D eigenvalue weighted by atomic mass is 16.2. The normalized spacial score (nSPS) is 27.0. The van der Waals surface area contributed by atoms with Gasteiger partial charge in [0.05, 0.1) is 18.6 Å². The van der Waals surface area contributed by atoms with Crippen LogP contribution in [0.1, 0.15) is 36.2 Å². The maximum Gasteiger partial charge on any atom is 0.226 e. The predicted octanol–water partition coefficient (Wildman–Crippen LogP) is 3.06. The molecule has 0 N–H and O–H groups in total. The Kier molecular flexibility index (Phi) is 3.65. The number of hydrogen-bond acceptors (Lipinski definition) is 2. The van der Waals surface area contributed by atoms with Crippen molar-refractivity contribution in [1.29, 1.82) is 0 Å². The van der Waals surface area contributed by atoms with Crippen molar-refractivity contribution in [3.05, 3.63) is 53.6 Å². The third-order valence-corrected chi connectivity index (χ3v) is 6.48. The van der Waals surface area contributed by atoms with E-state index in [0.29, 0.717) is 30.2 Å². The Balaban J connectivity index is 1.24. The third-order valence-electron chi connectivity index (χ3n) is 6.48. The lowest BCUT2D eigenvalue weighted by atomic mass is 10.1. The fraction of sp³-hybridized carbons (Fsp3) is 0.524. The SMILES string of the molecule is O=C(C1C2CCCC21)N1CCc2c(ncn2CCc2ccccc2)C1. The maximum atomic E-state index is 12.8. The van der Waals surface area contributed by atoms with E-state index in [9.17, 15) is 4.79 Å². The Morgan fingerprint density at radius 3 is 2.76 bits per heavy atom. The van der Waals surface area contributed by atoms with Gasteiger partial charge >= 0.3 is 0 Å². The van der Waals surface area contributed by atoms with Crippen molar-refractivity contribution in [3.63, 3.8) is 0 Å². The molecular formula is C21H25N3O. The Morgan fingerprint density at radius 1 is 1.16 bits per heavy atom. The standard InChI is InChI=1S/C21H25N3O/c25-21(20-16-7-4-8-17(16)20)23-12-10-19-18(13-23)22-14-24(19)11-9-15-5-2-1-3-6-15/h1-3,5-6,14,16-17,20H,4,7-13H2. The number of benzene rings is 1. The molecule has 25 heavy (non-hydrogen) atoms. The van der Waals surface area contributed by atoms with Gasteiger partial charge in [0.2, 0.25) is 5.91 Å². The first kappa shape index (κ1) is 15.2. The number of carbonyl (C=O) groups is 1. The summed E-state index contributed by atoms with van der Waals surface area (Å²) < 4.78 is 2.29. The lowest BCUT2D eigenvalue weighted by Crippen LogP contribution is -2.38. The second-order valence-electron chi connectivity index (χ2n) is 7.86. The van der Waals surface area contributed by atoms with E-state index in [2.05, 4.69) is 44.8 Å². The molecule has 4 heteroatoms. The van der Waals surface area contributed by atoms with Gasteiger partial charge in [-0.3, -0.25) is 4.79 Å². The number of imidazole rings is 1. The largest absolute Gasteiger partial charge is 0.336 e. The Hall–Kier alpha value is -2.10. The average Bonchev–Trinajstić information content (AvgIpc) is 3.00. The van der Waals surface area contributed by atoms with Crippen molar-refractivity contribution in [1.82, 2.24) is 14.5 Å². The average molecular weight is 335 g/mol. The Bertz CT molecular complexity index is 772. The molecule has 2 unspecified atom stereocenters. The first-order valence-electron chi connectivity index (χ1n) is 9.67. The fourth-order valence-electron chi connectivity index (χ4n) is 5.04. The van der Waals surface area contributed by atoms with Crippen LogP contribution in [0.5, 0.6) is 0 Å². The van der Waals surface area contributed by atoms with Crippen molar-refractivity contribution in [3.8, 4) is 0 Å². The van der Waals surface area contributed by atoms with Crippen molar-refractivity contribution in [2.45, 2.75) is 45.2 Å². The molecule has 130 valence electrons. The van der Waals surface area contributed by atoms with Gasteiger partial charge in [0.15, 0.2) is 0 Å². The van der Waals surface area contributed by atoms with Crippen LogP contribution in [0.2, 0.25) is 0 Å². The summed E-state index contributed by atoms with van der Waals surface area (Å²) >= 11 is 0. The first-order chi connectivity index (χ1) is 12.3. The summed E-state index contributed by atoms with van der Waals surface area (Å²) in [7, 11) is 0. The molecule has 2 fully saturated rings. The van der Waals surface area contributed by atoms with E-state index in [0.717, 1.165) is 31.6 Å². The summed E-state index contributed by atoms with van der Waals surface area (Å²) in [4.78, 5) is 19.5.